The third-order valence-electron chi connectivity index (χ3n) is 7.16. The first-order chi connectivity index (χ1) is 14.1. The number of benzene rings is 1. The van der Waals surface area contributed by atoms with E-state index >= 15 is 0 Å². The second-order valence-corrected chi connectivity index (χ2v) is 9.00. The van der Waals surface area contributed by atoms with E-state index in [9.17, 15) is 9.90 Å². The molecule has 2 heterocycles. The summed E-state index contributed by atoms with van der Waals surface area (Å²) in [6.07, 6.45) is 10.3. The number of ether oxygens (including phenoxy) is 1. The number of piperidine rings is 2. The number of carbonyl (C=O) groups is 1. The minimum atomic E-state index is -0.595. The highest BCUT2D eigenvalue weighted by Crippen LogP contribution is 2.37. The molecule has 1 N–H and O–H groups in total. The molecule has 29 heavy (non-hydrogen) atoms. The van der Waals surface area contributed by atoms with Crippen molar-refractivity contribution in [2.24, 2.45) is 11.8 Å². The van der Waals surface area contributed by atoms with E-state index in [-0.39, 0.29) is 11.8 Å². The van der Waals surface area contributed by atoms with Gasteiger partial charge in [-0.2, -0.15) is 0 Å². The monoisotopic (exact) mass is 398 g/mol. The Morgan fingerprint density at radius 1 is 1.17 bits per heavy atom. The van der Waals surface area contributed by atoms with Crippen LogP contribution in [0.1, 0.15) is 44.1 Å². The van der Waals surface area contributed by atoms with Gasteiger partial charge in [0.15, 0.2) is 0 Å². The number of nitrogens with zero attached hydrogens (tertiary/aromatic N) is 2. The summed E-state index contributed by atoms with van der Waals surface area (Å²) in [6.45, 7) is 4.08. The quantitative estimate of drug-likeness (QED) is 0.828. The van der Waals surface area contributed by atoms with Crippen LogP contribution >= 0.6 is 0 Å². The van der Waals surface area contributed by atoms with Gasteiger partial charge in [-0.1, -0.05) is 37.1 Å². The van der Waals surface area contributed by atoms with E-state index in [0.29, 0.717) is 12.5 Å². The number of rotatable bonds is 5. The Morgan fingerprint density at radius 3 is 2.62 bits per heavy atom. The molecule has 1 amide bonds. The van der Waals surface area contributed by atoms with E-state index in [4.69, 9.17) is 4.74 Å². The molecule has 0 bridgehead atoms. The lowest BCUT2D eigenvalue weighted by atomic mass is 9.75. The van der Waals surface area contributed by atoms with E-state index in [2.05, 4.69) is 29.2 Å². The summed E-state index contributed by atoms with van der Waals surface area (Å²) in [7, 11) is 1.68. The van der Waals surface area contributed by atoms with Gasteiger partial charge in [-0.3, -0.25) is 9.69 Å². The zero-order chi connectivity index (χ0) is 20.3. The van der Waals surface area contributed by atoms with Gasteiger partial charge in [-0.25, -0.2) is 0 Å². The Hall–Kier alpha value is -1.85. The van der Waals surface area contributed by atoms with Crippen molar-refractivity contribution >= 4 is 12.0 Å². The van der Waals surface area contributed by atoms with E-state index in [1.165, 1.54) is 12.8 Å². The fourth-order valence-electron chi connectivity index (χ4n) is 5.22. The molecule has 0 aromatic heterocycles. The van der Waals surface area contributed by atoms with Crippen molar-refractivity contribution in [3.63, 3.8) is 0 Å². The lowest BCUT2D eigenvalue weighted by molar-refractivity contribution is -0.150. The highest BCUT2D eigenvalue weighted by Gasteiger charge is 2.46. The summed E-state index contributed by atoms with van der Waals surface area (Å²) in [5.41, 5.74) is 0.563. The van der Waals surface area contributed by atoms with Crippen LogP contribution in [0, 0.1) is 11.8 Å². The van der Waals surface area contributed by atoms with E-state index in [1.54, 1.807) is 7.11 Å². The first-order valence-electron chi connectivity index (χ1n) is 11.1. The molecule has 2 atom stereocenters. The molecule has 2 saturated heterocycles. The normalized spacial score (nSPS) is 28.6. The Balaban J connectivity index is 1.32. The molecule has 3 aliphatic rings. The van der Waals surface area contributed by atoms with Crippen LogP contribution in [-0.4, -0.2) is 66.2 Å². The number of aliphatic hydroxyl groups is 1. The molecule has 0 unspecified atom stereocenters. The number of amides is 1. The largest absolute Gasteiger partial charge is 0.497 e. The number of methoxy groups -OCH3 is 1. The Kier molecular flexibility index (Phi) is 6.26. The van der Waals surface area contributed by atoms with Gasteiger partial charge in [0.25, 0.3) is 0 Å². The summed E-state index contributed by atoms with van der Waals surface area (Å²) in [5, 5.41) is 11.1. The average Bonchev–Trinajstić information content (AvgIpc) is 3.28. The van der Waals surface area contributed by atoms with Crippen LogP contribution in [0.5, 0.6) is 5.75 Å². The third-order valence-corrected chi connectivity index (χ3v) is 7.16. The minimum absolute atomic E-state index is 0.157. The van der Waals surface area contributed by atoms with Gasteiger partial charge >= 0.3 is 0 Å². The van der Waals surface area contributed by atoms with Crippen molar-refractivity contribution in [1.82, 2.24) is 9.80 Å². The van der Waals surface area contributed by atoms with Crippen LogP contribution in [0.25, 0.3) is 6.08 Å². The maximum absolute atomic E-state index is 12.8. The standard InChI is InChI=1S/C24H34N2O3/c1-29-22-10-8-19(9-11-22)5-4-14-25-15-12-24(28)13-16-26(18-21(24)17-25)23(27)20-6-2-3-7-20/h4-5,8-11,20-21,28H,2-3,6-7,12-18H2,1H3/t21-,24-/m1/s1. The first-order valence-corrected chi connectivity index (χ1v) is 11.1. The topological polar surface area (TPSA) is 53.0 Å². The summed E-state index contributed by atoms with van der Waals surface area (Å²) in [6, 6.07) is 8.05. The minimum Gasteiger partial charge on any atom is -0.497 e. The lowest BCUT2D eigenvalue weighted by Crippen LogP contribution is -2.61. The predicted octanol–water partition coefficient (Wildman–Crippen LogP) is 3.18. The van der Waals surface area contributed by atoms with Gasteiger partial charge in [0.1, 0.15) is 5.75 Å². The van der Waals surface area contributed by atoms with Crippen LogP contribution in [0.15, 0.2) is 30.3 Å². The first kappa shape index (κ1) is 20.4. The summed E-state index contributed by atoms with van der Waals surface area (Å²) >= 11 is 0. The Morgan fingerprint density at radius 2 is 1.90 bits per heavy atom. The number of carbonyl (C=O) groups excluding carboxylic acids is 1. The van der Waals surface area contributed by atoms with Gasteiger partial charge in [0.2, 0.25) is 5.91 Å². The van der Waals surface area contributed by atoms with Crippen LogP contribution < -0.4 is 4.74 Å². The smallest absolute Gasteiger partial charge is 0.225 e. The molecule has 4 rings (SSSR count). The Labute approximate surface area is 174 Å². The van der Waals surface area contributed by atoms with Crippen molar-refractivity contribution < 1.29 is 14.6 Å². The maximum Gasteiger partial charge on any atom is 0.225 e. The molecule has 1 saturated carbocycles. The van der Waals surface area contributed by atoms with Crippen molar-refractivity contribution in [3.05, 3.63) is 35.9 Å². The molecule has 0 spiro atoms. The number of fused-ring (bicyclic) bond motifs is 1. The van der Waals surface area contributed by atoms with Gasteiger partial charge in [-0.15, -0.1) is 0 Å². The van der Waals surface area contributed by atoms with Crippen molar-refractivity contribution in [3.8, 4) is 5.75 Å². The molecular weight excluding hydrogens is 364 g/mol. The van der Waals surface area contributed by atoms with Gasteiger partial charge in [0.05, 0.1) is 12.7 Å². The van der Waals surface area contributed by atoms with Crippen LogP contribution in [-0.2, 0) is 4.79 Å². The van der Waals surface area contributed by atoms with Crippen LogP contribution in [0.4, 0.5) is 0 Å². The van der Waals surface area contributed by atoms with Crippen molar-refractivity contribution in [2.45, 2.75) is 44.1 Å². The summed E-state index contributed by atoms with van der Waals surface area (Å²) < 4.78 is 5.20. The zero-order valence-corrected chi connectivity index (χ0v) is 17.6. The summed E-state index contributed by atoms with van der Waals surface area (Å²) in [5.74, 6) is 1.59. The molecule has 1 aliphatic carbocycles. The van der Waals surface area contributed by atoms with Gasteiger partial charge < -0.3 is 14.7 Å². The van der Waals surface area contributed by atoms with Crippen molar-refractivity contribution in [1.29, 1.82) is 0 Å². The number of hydrogen-bond acceptors (Lipinski definition) is 4. The fraction of sp³-hybridized carbons (Fsp3) is 0.625. The van der Waals surface area contributed by atoms with Crippen LogP contribution in [0.3, 0.4) is 0 Å². The third kappa shape index (κ3) is 4.67. The zero-order valence-electron chi connectivity index (χ0n) is 17.6. The highest BCUT2D eigenvalue weighted by atomic mass is 16.5. The SMILES string of the molecule is COc1ccc(C=CCN2CC[C@@]3(O)CCN(C(=O)C4CCCC4)C[C@H]3C2)cc1. The number of hydrogen-bond donors (Lipinski definition) is 1. The molecule has 158 valence electrons. The highest BCUT2D eigenvalue weighted by molar-refractivity contribution is 5.79. The predicted molar refractivity (Wildman–Crippen MR) is 115 cm³/mol. The van der Waals surface area contributed by atoms with Gasteiger partial charge in [-0.05, 0) is 43.4 Å². The molecule has 0 radical (unpaired) electrons. The molecule has 5 heteroatoms. The second kappa shape index (κ2) is 8.88. The number of likely N-dealkylation sites (tertiary alicyclic amines) is 2. The second-order valence-electron chi connectivity index (χ2n) is 9.00. The van der Waals surface area contributed by atoms with E-state index in [1.807, 2.05) is 17.0 Å². The maximum atomic E-state index is 12.8. The van der Waals surface area contributed by atoms with Crippen molar-refractivity contribution in [2.75, 3.05) is 39.8 Å². The Bertz CT molecular complexity index is 726. The molecule has 3 fully saturated rings. The van der Waals surface area contributed by atoms with E-state index < -0.39 is 5.60 Å². The molecule has 2 aliphatic heterocycles. The summed E-state index contributed by atoms with van der Waals surface area (Å²) in [4.78, 5) is 17.3. The van der Waals surface area contributed by atoms with E-state index in [0.717, 1.165) is 63.2 Å². The molecule has 1 aromatic rings. The van der Waals surface area contributed by atoms with Crippen LogP contribution in [0.2, 0.25) is 0 Å². The molecule has 5 nitrogen and oxygen atoms in total. The lowest BCUT2D eigenvalue weighted by Gasteiger charge is -2.50. The fourth-order valence-corrected chi connectivity index (χ4v) is 5.22. The average molecular weight is 399 g/mol. The van der Waals surface area contributed by atoms with Gasteiger partial charge in [0, 0.05) is 44.6 Å². The molecule has 1 aromatic carbocycles. The molecular formula is C24H34N2O3.